The molecule has 1 fully saturated rings. The second kappa shape index (κ2) is 8.67. The molecule has 0 spiro atoms. The summed E-state index contributed by atoms with van der Waals surface area (Å²) in [5.41, 5.74) is 7.79. The van der Waals surface area contributed by atoms with Crippen LogP contribution in [-0.2, 0) is 11.2 Å². The molecular weight excluding hydrogens is 312 g/mol. The van der Waals surface area contributed by atoms with Crippen molar-refractivity contribution in [1.82, 2.24) is 4.90 Å². The van der Waals surface area contributed by atoms with Crippen LogP contribution in [0.15, 0.2) is 54.6 Å². The number of nitrogens with zero attached hydrogens (tertiary/aromatic N) is 1. The first-order chi connectivity index (χ1) is 12.2. The first-order valence-electron chi connectivity index (χ1n) is 8.99. The van der Waals surface area contributed by atoms with Crippen LogP contribution in [0.2, 0.25) is 0 Å². The van der Waals surface area contributed by atoms with Crippen molar-refractivity contribution >= 4 is 5.91 Å². The first kappa shape index (κ1) is 17.5. The largest absolute Gasteiger partial charge is 0.489 e. The van der Waals surface area contributed by atoms with Crippen molar-refractivity contribution in [3.63, 3.8) is 0 Å². The zero-order chi connectivity index (χ0) is 17.5. The van der Waals surface area contributed by atoms with Gasteiger partial charge in [0.2, 0.25) is 5.91 Å². The van der Waals surface area contributed by atoms with Gasteiger partial charge in [0.05, 0.1) is 0 Å². The number of hydrogen-bond acceptors (Lipinski definition) is 3. The number of ether oxygens (including phenoxy) is 1. The Kier molecular flexibility index (Phi) is 6.07. The van der Waals surface area contributed by atoms with Gasteiger partial charge in [0.1, 0.15) is 11.9 Å². The molecule has 0 aromatic heterocycles. The second-order valence-electron chi connectivity index (χ2n) is 6.71. The molecule has 4 heteroatoms. The average molecular weight is 338 g/mol. The number of nitrogens with two attached hydrogens (primary N) is 1. The zero-order valence-electron chi connectivity index (χ0n) is 14.6. The lowest BCUT2D eigenvalue weighted by atomic mass is 10.1. The molecule has 0 radical (unpaired) electrons. The van der Waals surface area contributed by atoms with E-state index in [1.807, 2.05) is 6.07 Å². The maximum Gasteiger partial charge on any atom is 0.217 e. The summed E-state index contributed by atoms with van der Waals surface area (Å²) < 4.78 is 6.10. The molecule has 1 amide bonds. The lowest BCUT2D eigenvalue weighted by molar-refractivity contribution is -0.118. The summed E-state index contributed by atoms with van der Waals surface area (Å²) in [5.74, 6) is 0.711. The van der Waals surface area contributed by atoms with Crippen molar-refractivity contribution < 1.29 is 9.53 Å². The molecule has 1 aliphatic rings. The summed E-state index contributed by atoms with van der Waals surface area (Å²) in [5, 5.41) is 0. The van der Waals surface area contributed by atoms with Gasteiger partial charge in [0.25, 0.3) is 0 Å². The van der Waals surface area contributed by atoms with Gasteiger partial charge in [0.15, 0.2) is 0 Å². The van der Waals surface area contributed by atoms with Gasteiger partial charge < -0.3 is 10.5 Å². The zero-order valence-corrected chi connectivity index (χ0v) is 14.6. The van der Waals surface area contributed by atoms with Crippen LogP contribution >= 0.6 is 0 Å². The molecular formula is C21H26N2O2. The minimum absolute atomic E-state index is 0.220. The third-order valence-corrected chi connectivity index (χ3v) is 4.60. The van der Waals surface area contributed by atoms with Gasteiger partial charge in [-0.05, 0) is 49.1 Å². The van der Waals surface area contributed by atoms with Crippen LogP contribution in [0.25, 0.3) is 0 Å². The van der Waals surface area contributed by atoms with E-state index in [2.05, 4.69) is 53.4 Å². The van der Waals surface area contributed by atoms with Crippen LogP contribution in [0.5, 0.6) is 5.75 Å². The number of primary amides is 1. The molecule has 2 aromatic carbocycles. The molecule has 0 saturated carbocycles. The summed E-state index contributed by atoms with van der Waals surface area (Å²) in [6, 6.07) is 18.9. The molecule has 1 saturated heterocycles. The highest BCUT2D eigenvalue weighted by Gasteiger charge is 2.23. The molecule has 1 unspecified atom stereocenters. The molecule has 4 nitrogen and oxygen atoms in total. The molecule has 2 N–H and O–H groups in total. The van der Waals surface area contributed by atoms with Gasteiger partial charge in [-0.2, -0.15) is 0 Å². The summed E-state index contributed by atoms with van der Waals surface area (Å²) in [6.45, 7) is 2.86. The van der Waals surface area contributed by atoms with Crippen molar-refractivity contribution in [2.45, 2.75) is 31.8 Å². The lowest BCUT2D eigenvalue weighted by Gasteiger charge is -2.16. The fraction of sp³-hybridized carbons (Fsp3) is 0.381. The van der Waals surface area contributed by atoms with Crippen LogP contribution in [0.1, 0.15) is 30.4 Å². The fourth-order valence-corrected chi connectivity index (χ4v) is 3.28. The van der Waals surface area contributed by atoms with E-state index in [1.165, 1.54) is 11.1 Å². The van der Waals surface area contributed by atoms with Crippen LogP contribution in [0.4, 0.5) is 0 Å². The highest BCUT2D eigenvalue weighted by Crippen LogP contribution is 2.20. The van der Waals surface area contributed by atoms with Crippen LogP contribution in [-0.4, -0.2) is 36.5 Å². The number of likely N-dealkylation sites (tertiary alicyclic amines) is 1. The first-order valence-corrected chi connectivity index (χ1v) is 8.99. The van der Waals surface area contributed by atoms with Gasteiger partial charge in [-0.3, -0.25) is 9.69 Å². The fourth-order valence-electron chi connectivity index (χ4n) is 3.28. The second-order valence-corrected chi connectivity index (χ2v) is 6.71. The van der Waals surface area contributed by atoms with E-state index >= 15 is 0 Å². The third-order valence-electron chi connectivity index (χ3n) is 4.60. The van der Waals surface area contributed by atoms with E-state index in [-0.39, 0.29) is 12.0 Å². The SMILES string of the molecule is NC(=O)CCCN1CCC(Oc2ccc(Cc3ccccc3)cc2)C1. The monoisotopic (exact) mass is 338 g/mol. The molecule has 25 heavy (non-hydrogen) atoms. The number of carbonyl (C=O) groups is 1. The van der Waals surface area contributed by atoms with E-state index < -0.39 is 0 Å². The minimum Gasteiger partial charge on any atom is -0.489 e. The number of amides is 1. The summed E-state index contributed by atoms with van der Waals surface area (Å²) in [7, 11) is 0. The van der Waals surface area contributed by atoms with Crippen LogP contribution in [0.3, 0.4) is 0 Å². The van der Waals surface area contributed by atoms with Crippen molar-refractivity contribution in [2.24, 2.45) is 5.73 Å². The Labute approximate surface area is 149 Å². The van der Waals surface area contributed by atoms with Crippen LogP contribution < -0.4 is 10.5 Å². The smallest absolute Gasteiger partial charge is 0.217 e. The maximum atomic E-state index is 10.8. The quantitative estimate of drug-likeness (QED) is 0.805. The predicted molar refractivity (Wildman–Crippen MR) is 99.6 cm³/mol. The Morgan fingerprint density at radius 3 is 2.52 bits per heavy atom. The maximum absolute atomic E-state index is 10.8. The Morgan fingerprint density at radius 1 is 1.08 bits per heavy atom. The molecule has 132 valence electrons. The van der Waals surface area contributed by atoms with Crippen molar-refractivity contribution in [3.8, 4) is 5.75 Å². The van der Waals surface area contributed by atoms with Crippen molar-refractivity contribution in [3.05, 3.63) is 65.7 Å². The van der Waals surface area contributed by atoms with Gasteiger partial charge in [-0.1, -0.05) is 42.5 Å². The molecule has 1 atom stereocenters. The van der Waals surface area contributed by atoms with Gasteiger partial charge in [0, 0.05) is 19.5 Å². The molecule has 0 bridgehead atoms. The minimum atomic E-state index is -0.220. The highest BCUT2D eigenvalue weighted by molar-refractivity contribution is 5.73. The summed E-state index contributed by atoms with van der Waals surface area (Å²) in [4.78, 5) is 13.1. The normalized spacial score (nSPS) is 17.5. The topological polar surface area (TPSA) is 55.6 Å². The highest BCUT2D eigenvalue weighted by atomic mass is 16.5. The van der Waals surface area contributed by atoms with Crippen molar-refractivity contribution in [2.75, 3.05) is 19.6 Å². The molecule has 1 aliphatic heterocycles. The molecule has 2 aromatic rings. The number of hydrogen-bond donors (Lipinski definition) is 1. The molecule has 1 heterocycles. The van der Waals surface area contributed by atoms with Gasteiger partial charge in [-0.15, -0.1) is 0 Å². The van der Waals surface area contributed by atoms with Gasteiger partial charge in [-0.25, -0.2) is 0 Å². The van der Waals surface area contributed by atoms with E-state index in [0.29, 0.717) is 6.42 Å². The lowest BCUT2D eigenvalue weighted by Crippen LogP contribution is -2.26. The Hall–Kier alpha value is -2.33. The average Bonchev–Trinajstić information content (AvgIpc) is 3.05. The van der Waals surface area contributed by atoms with Crippen molar-refractivity contribution in [1.29, 1.82) is 0 Å². The van der Waals surface area contributed by atoms with Gasteiger partial charge >= 0.3 is 0 Å². The Balaban J connectivity index is 1.45. The van der Waals surface area contributed by atoms with E-state index in [9.17, 15) is 4.79 Å². The Morgan fingerprint density at radius 2 is 1.80 bits per heavy atom. The number of carbonyl (C=O) groups excluding carboxylic acids is 1. The molecule has 0 aliphatic carbocycles. The number of benzene rings is 2. The predicted octanol–water partition coefficient (Wildman–Crippen LogP) is 3.00. The van der Waals surface area contributed by atoms with Crippen LogP contribution in [0, 0.1) is 0 Å². The van der Waals surface area contributed by atoms with E-state index in [1.54, 1.807) is 0 Å². The van der Waals surface area contributed by atoms with E-state index in [4.69, 9.17) is 10.5 Å². The standard InChI is InChI=1S/C21H26N2O2/c22-21(24)7-4-13-23-14-12-20(16-23)25-19-10-8-18(9-11-19)15-17-5-2-1-3-6-17/h1-3,5-6,8-11,20H,4,7,12-16H2,(H2,22,24). The third kappa shape index (κ3) is 5.61. The Bertz CT molecular complexity index is 670. The van der Waals surface area contributed by atoms with E-state index in [0.717, 1.165) is 44.6 Å². The number of rotatable bonds is 8. The summed E-state index contributed by atoms with van der Waals surface area (Å²) >= 11 is 0. The molecule has 3 rings (SSSR count). The summed E-state index contributed by atoms with van der Waals surface area (Å²) in [6.07, 6.45) is 3.50.